The summed E-state index contributed by atoms with van der Waals surface area (Å²) in [6.45, 7) is 0.339. The second-order valence-corrected chi connectivity index (χ2v) is 5.76. The van der Waals surface area contributed by atoms with Crippen molar-refractivity contribution < 1.29 is 14.0 Å². The molecule has 0 radical (unpaired) electrons. The van der Waals surface area contributed by atoms with Gasteiger partial charge in [0.25, 0.3) is 11.8 Å². The van der Waals surface area contributed by atoms with E-state index < -0.39 is 0 Å². The van der Waals surface area contributed by atoms with E-state index >= 15 is 0 Å². The van der Waals surface area contributed by atoms with Crippen LogP contribution >= 0.6 is 11.6 Å². The molecule has 2 N–H and O–H groups in total. The van der Waals surface area contributed by atoms with Crippen LogP contribution in [-0.4, -0.2) is 11.8 Å². The van der Waals surface area contributed by atoms with E-state index in [-0.39, 0.29) is 17.6 Å². The van der Waals surface area contributed by atoms with Gasteiger partial charge >= 0.3 is 0 Å². The van der Waals surface area contributed by atoms with Crippen LogP contribution in [0, 0.1) is 0 Å². The lowest BCUT2D eigenvalue weighted by Crippen LogP contribution is -2.22. The van der Waals surface area contributed by atoms with E-state index in [1.807, 2.05) is 12.1 Å². The summed E-state index contributed by atoms with van der Waals surface area (Å²) in [5, 5.41) is 6.16. The maximum Gasteiger partial charge on any atom is 0.291 e. The number of hydrogen-bond donors (Lipinski definition) is 2. The number of amides is 2. The van der Waals surface area contributed by atoms with Crippen LogP contribution in [0.5, 0.6) is 0 Å². The average molecular weight is 355 g/mol. The third-order valence-electron chi connectivity index (χ3n) is 3.49. The first-order chi connectivity index (χ1) is 12.1. The molecule has 0 aliphatic heterocycles. The highest BCUT2D eigenvalue weighted by Gasteiger charge is 2.09. The van der Waals surface area contributed by atoms with Gasteiger partial charge in [-0.2, -0.15) is 0 Å². The van der Waals surface area contributed by atoms with Gasteiger partial charge in [0.15, 0.2) is 5.76 Å². The zero-order valence-electron chi connectivity index (χ0n) is 13.2. The van der Waals surface area contributed by atoms with Gasteiger partial charge in [0.1, 0.15) is 0 Å². The predicted molar refractivity (Wildman–Crippen MR) is 95.7 cm³/mol. The summed E-state index contributed by atoms with van der Waals surface area (Å²) in [6.07, 6.45) is 1.44. The first kappa shape index (κ1) is 16.8. The van der Waals surface area contributed by atoms with Gasteiger partial charge < -0.3 is 15.1 Å². The van der Waals surface area contributed by atoms with E-state index in [1.165, 1.54) is 6.26 Å². The quantitative estimate of drug-likeness (QED) is 0.724. The van der Waals surface area contributed by atoms with Crippen molar-refractivity contribution in [3.8, 4) is 0 Å². The van der Waals surface area contributed by atoms with Crippen molar-refractivity contribution in [2.24, 2.45) is 0 Å². The number of anilines is 1. The summed E-state index contributed by atoms with van der Waals surface area (Å²) >= 11 is 5.81. The van der Waals surface area contributed by atoms with E-state index in [1.54, 1.807) is 48.5 Å². The van der Waals surface area contributed by atoms with Crippen molar-refractivity contribution in [3.63, 3.8) is 0 Å². The highest BCUT2D eigenvalue weighted by Crippen LogP contribution is 2.13. The number of benzene rings is 2. The number of rotatable bonds is 5. The van der Waals surface area contributed by atoms with Gasteiger partial charge in [0.05, 0.1) is 6.26 Å². The molecule has 0 aliphatic rings. The van der Waals surface area contributed by atoms with Gasteiger partial charge in [-0.15, -0.1) is 0 Å². The van der Waals surface area contributed by atoms with Crippen LogP contribution in [0.2, 0.25) is 5.02 Å². The maximum atomic E-state index is 12.1. The molecule has 3 aromatic rings. The molecule has 126 valence electrons. The number of nitrogens with one attached hydrogen (secondary N) is 2. The van der Waals surface area contributed by atoms with Crippen molar-refractivity contribution >= 4 is 29.1 Å². The molecular formula is C19H15ClN2O3. The maximum absolute atomic E-state index is 12.1. The third-order valence-corrected chi connectivity index (χ3v) is 3.74. The van der Waals surface area contributed by atoms with Gasteiger partial charge in [-0.25, -0.2) is 0 Å². The van der Waals surface area contributed by atoms with Gasteiger partial charge in [0, 0.05) is 22.8 Å². The van der Waals surface area contributed by atoms with Crippen LogP contribution in [0.4, 0.5) is 5.69 Å². The fourth-order valence-corrected chi connectivity index (χ4v) is 2.37. The van der Waals surface area contributed by atoms with Gasteiger partial charge in [-0.3, -0.25) is 9.59 Å². The average Bonchev–Trinajstić information content (AvgIpc) is 3.15. The molecule has 0 bridgehead atoms. The van der Waals surface area contributed by atoms with Crippen LogP contribution in [0.3, 0.4) is 0 Å². The van der Waals surface area contributed by atoms with E-state index in [4.69, 9.17) is 16.0 Å². The number of carbonyl (C=O) groups is 2. The van der Waals surface area contributed by atoms with Crippen molar-refractivity contribution in [2.75, 3.05) is 5.32 Å². The van der Waals surface area contributed by atoms with Crippen molar-refractivity contribution in [1.29, 1.82) is 0 Å². The fraction of sp³-hybridized carbons (Fsp3) is 0.0526. The minimum Gasteiger partial charge on any atom is -0.459 e. The molecule has 2 amide bonds. The van der Waals surface area contributed by atoms with E-state index in [9.17, 15) is 9.59 Å². The van der Waals surface area contributed by atoms with Crippen LogP contribution in [-0.2, 0) is 6.54 Å². The Morgan fingerprint density at radius 1 is 0.960 bits per heavy atom. The molecule has 0 aliphatic carbocycles. The topological polar surface area (TPSA) is 71.3 Å². The fourth-order valence-electron chi connectivity index (χ4n) is 2.25. The van der Waals surface area contributed by atoms with Crippen molar-refractivity contribution in [2.45, 2.75) is 6.54 Å². The minimum atomic E-state index is -0.327. The Morgan fingerprint density at radius 3 is 2.48 bits per heavy atom. The highest BCUT2D eigenvalue weighted by atomic mass is 35.5. The van der Waals surface area contributed by atoms with Gasteiger partial charge in [0.2, 0.25) is 0 Å². The molecule has 1 aromatic heterocycles. The lowest BCUT2D eigenvalue weighted by Gasteiger charge is -2.08. The summed E-state index contributed by atoms with van der Waals surface area (Å²) in [7, 11) is 0. The zero-order valence-corrected chi connectivity index (χ0v) is 13.9. The Bertz CT molecular complexity index is 874. The lowest BCUT2D eigenvalue weighted by molar-refractivity contribution is 0.0949. The summed E-state index contributed by atoms with van der Waals surface area (Å²) < 4.78 is 5.06. The van der Waals surface area contributed by atoms with E-state index in [2.05, 4.69) is 10.6 Å². The summed E-state index contributed by atoms with van der Waals surface area (Å²) in [5.74, 6) is -0.282. The standard InChI is InChI=1S/C19H15ClN2O3/c20-15-8-6-14(7-9-15)18(23)21-12-13-3-1-4-16(11-13)22-19(24)17-5-2-10-25-17/h1-11H,12H2,(H,21,23)(H,22,24). The molecular weight excluding hydrogens is 340 g/mol. The van der Waals surface area contributed by atoms with E-state index in [0.717, 1.165) is 5.56 Å². The Kier molecular flexibility index (Phi) is 5.16. The number of hydrogen-bond acceptors (Lipinski definition) is 3. The van der Waals surface area contributed by atoms with Crippen molar-refractivity contribution in [3.05, 3.63) is 88.8 Å². The summed E-state index contributed by atoms with van der Waals surface area (Å²) in [4.78, 5) is 24.1. The molecule has 0 saturated heterocycles. The molecule has 0 fully saturated rings. The first-order valence-corrected chi connectivity index (χ1v) is 7.97. The molecule has 2 aromatic carbocycles. The Labute approximate surface area is 149 Å². The summed E-state index contributed by atoms with van der Waals surface area (Å²) in [6, 6.07) is 17.1. The first-order valence-electron chi connectivity index (χ1n) is 7.59. The molecule has 1 heterocycles. The monoisotopic (exact) mass is 354 g/mol. The molecule has 0 unspecified atom stereocenters. The predicted octanol–water partition coefficient (Wildman–Crippen LogP) is 4.12. The van der Waals surface area contributed by atoms with Gasteiger partial charge in [-0.05, 0) is 54.1 Å². The number of halogens is 1. The second kappa shape index (κ2) is 7.68. The largest absolute Gasteiger partial charge is 0.459 e. The Balaban J connectivity index is 1.60. The van der Waals surface area contributed by atoms with Crippen LogP contribution in [0.25, 0.3) is 0 Å². The highest BCUT2D eigenvalue weighted by molar-refractivity contribution is 6.30. The molecule has 0 atom stereocenters. The molecule has 25 heavy (non-hydrogen) atoms. The number of furan rings is 1. The molecule has 5 nitrogen and oxygen atoms in total. The van der Waals surface area contributed by atoms with Crippen LogP contribution in [0.15, 0.2) is 71.3 Å². The van der Waals surface area contributed by atoms with Crippen molar-refractivity contribution in [1.82, 2.24) is 5.32 Å². The SMILES string of the molecule is O=C(NCc1cccc(NC(=O)c2ccco2)c1)c1ccc(Cl)cc1. The van der Waals surface area contributed by atoms with Crippen LogP contribution < -0.4 is 10.6 Å². The second-order valence-electron chi connectivity index (χ2n) is 5.32. The van der Waals surface area contributed by atoms with Gasteiger partial charge in [-0.1, -0.05) is 23.7 Å². The third kappa shape index (κ3) is 4.49. The number of carbonyl (C=O) groups excluding carboxylic acids is 2. The molecule has 0 saturated carbocycles. The van der Waals surface area contributed by atoms with Crippen LogP contribution in [0.1, 0.15) is 26.5 Å². The molecule has 6 heteroatoms. The Morgan fingerprint density at radius 2 is 1.76 bits per heavy atom. The lowest BCUT2D eigenvalue weighted by atomic mass is 10.1. The zero-order chi connectivity index (χ0) is 17.6. The summed E-state index contributed by atoms with van der Waals surface area (Å²) in [5.41, 5.74) is 2.02. The Hall–Kier alpha value is -3.05. The molecule has 3 rings (SSSR count). The smallest absolute Gasteiger partial charge is 0.291 e. The normalized spacial score (nSPS) is 10.3. The minimum absolute atomic E-state index is 0.193. The van der Waals surface area contributed by atoms with E-state index in [0.29, 0.717) is 22.8 Å². The molecule has 0 spiro atoms.